The fourth-order valence-electron chi connectivity index (χ4n) is 9.29. The van der Waals surface area contributed by atoms with Crippen molar-refractivity contribution in [1.29, 1.82) is 0 Å². The number of piperidine rings is 1. The SMILES string of the molecule is COc1ccc(-c2cc3cc(C(=O)OC(C)C)c(C)c(C(C)c4cc(O)c5c6c4C[C@@H]4[C@@H]7C=C[C@H](O)[C@H](O5)[C@]67CCN4C)n3c2)c(F)c1. The minimum absolute atomic E-state index is 0.0560. The molecule has 0 radical (unpaired) electrons. The van der Waals surface area contributed by atoms with Crippen molar-refractivity contribution >= 4 is 11.5 Å². The second-order valence-corrected chi connectivity index (χ2v) is 14.3. The molecule has 2 aromatic heterocycles. The number of phenolic OH excluding ortho intramolecular Hbond substituents is 1. The van der Waals surface area contributed by atoms with Crippen molar-refractivity contribution in [2.75, 3.05) is 20.7 Å². The van der Waals surface area contributed by atoms with Gasteiger partial charge < -0.3 is 33.7 Å². The number of ether oxygens (including phenoxy) is 3. The summed E-state index contributed by atoms with van der Waals surface area (Å²) in [6.07, 6.45) is 5.94. The highest BCUT2D eigenvalue weighted by atomic mass is 19.1. The number of fused-ring (bicyclic) bond motifs is 1. The Hall–Kier alpha value is -4.34. The van der Waals surface area contributed by atoms with Gasteiger partial charge in [0.05, 0.1) is 18.8 Å². The maximum Gasteiger partial charge on any atom is 0.338 e. The van der Waals surface area contributed by atoms with E-state index < -0.39 is 29.4 Å². The molecule has 1 spiro atoms. The van der Waals surface area contributed by atoms with E-state index in [0.717, 1.165) is 52.9 Å². The molecule has 250 valence electrons. The summed E-state index contributed by atoms with van der Waals surface area (Å²) >= 11 is 0. The number of likely N-dealkylation sites (tertiary alicyclic amines) is 1. The fourth-order valence-corrected chi connectivity index (χ4v) is 9.29. The Balaban J connectivity index is 1.35. The lowest BCUT2D eigenvalue weighted by Gasteiger charge is -2.56. The van der Waals surface area contributed by atoms with Crippen molar-refractivity contribution in [2.45, 2.75) is 76.2 Å². The lowest BCUT2D eigenvalue weighted by Crippen LogP contribution is -2.64. The molecule has 2 aromatic carbocycles. The predicted octanol–water partition coefficient (Wildman–Crippen LogP) is 6.29. The number of methoxy groups -OCH3 is 1. The van der Waals surface area contributed by atoms with Gasteiger partial charge in [0, 0.05) is 63.5 Å². The molecule has 4 heterocycles. The van der Waals surface area contributed by atoms with Crippen molar-refractivity contribution in [3.05, 3.63) is 94.1 Å². The minimum atomic E-state index is -0.772. The van der Waals surface area contributed by atoms with E-state index in [2.05, 4.69) is 24.9 Å². The standard InChI is InChI=1S/C39H41FN2O6/c1-19(2)47-38(45)27-14-23-13-22(25-8-7-24(46-6)15-30(25)40)18-42(23)35(21(27)4)20(3)26-17-33(44)36-34-28(26)16-31-29-9-10-32(43)37(48-36)39(29,34)11-12-41(31)5/h7-10,13-15,17-20,29,31-32,37,43-44H,11-12,16H2,1-6H3/t20?,29-,31+,32-,37-,39-/m0/s1. The Morgan fingerprint density at radius 2 is 1.94 bits per heavy atom. The van der Waals surface area contributed by atoms with Crippen molar-refractivity contribution in [2.24, 2.45) is 5.92 Å². The monoisotopic (exact) mass is 652 g/mol. The number of esters is 1. The minimum Gasteiger partial charge on any atom is -0.504 e. The molecule has 1 unspecified atom stereocenters. The maximum absolute atomic E-state index is 15.4. The van der Waals surface area contributed by atoms with Gasteiger partial charge >= 0.3 is 5.97 Å². The average Bonchev–Trinajstić information content (AvgIpc) is 3.63. The number of hydrogen-bond donors (Lipinski definition) is 2. The first kappa shape index (κ1) is 31.0. The van der Waals surface area contributed by atoms with Gasteiger partial charge in [-0.2, -0.15) is 0 Å². The van der Waals surface area contributed by atoms with Gasteiger partial charge in [-0.3, -0.25) is 0 Å². The van der Waals surface area contributed by atoms with Gasteiger partial charge in [0.1, 0.15) is 23.8 Å². The van der Waals surface area contributed by atoms with Crippen LogP contribution in [0.1, 0.15) is 71.4 Å². The molecule has 9 heteroatoms. The summed E-state index contributed by atoms with van der Waals surface area (Å²) < 4.78 is 34.8. The first-order valence-electron chi connectivity index (χ1n) is 16.8. The molecule has 48 heavy (non-hydrogen) atoms. The van der Waals surface area contributed by atoms with Crippen LogP contribution in [0.25, 0.3) is 16.6 Å². The molecule has 2 aliphatic heterocycles. The number of benzene rings is 2. The van der Waals surface area contributed by atoms with Crippen LogP contribution in [0.3, 0.4) is 0 Å². The van der Waals surface area contributed by atoms with E-state index >= 15 is 4.39 Å². The quantitative estimate of drug-likeness (QED) is 0.187. The molecule has 2 bridgehead atoms. The lowest BCUT2D eigenvalue weighted by molar-refractivity contribution is -0.0454. The molecule has 6 atom stereocenters. The van der Waals surface area contributed by atoms with Crippen LogP contribution in [0.4, 0.5) is 4.39 Å². The summed E-state index contributed by atoms with van der Waals surface area (Å²) in [6, 6.07) is 10.5. The zero-order chi connectivity index (χ0) is 33.8. The van der Waals surface area contributed by atoms with E-state index in [9.17, 15) is 15.0 Å². The summed E-state index contributed by atoms with van der Waals surface area (Å²) in [6.45, 7) is 8.53. The number of halogens is 1. The van der Waals surface area contributed by atoms with Crippen LogP contribution in [0, 0.1) is 18.7 Å². The molecule has 0 amide bonds. The third kappa shape index (κ3) is 4.23. The molecule has 8 rings (SSSR count). The molecule has 8 nitrogen and oxygen atoms in total. The van der Waals surface area contributed by atoms with Crippen LogP contribution in [-0.2, 0) is 16.6 Å². The molecule has 0 saturated carbocycles. The molecule has 1 fully saturated rings. The number of pyridine rings is 1. The Morgan fingerprint density at radius 3 is 2.67 bits per heavy atom. The van der Waals surface area contributed by atoms with Gasteiger partial charge in [-0.1, -0.05) is 19.1 Å². The van der Waals surface area contributed by atoms with Crippen LogP contribution >= 0.6 is 0 Å². The highest BCUT2D eigenvalue weighted by molar-refractivity contribution is 5.93. The summed E-state index contributed by atoms with van der Waals surface area (Å²) in [4.78, 5) is 15.9. The third-order valence-electron chi connectivity index (χ3n) is 11.4. The van der Waals surface area contributed by atoms with E-state index in [-0.39, 0.29) is 29.7 Å². The predicted molar refractivity (Wildman–Crippen MR) is 180 cm³/mol. The molecule has 4 aromatic rings. The van der Waals surface area contributed by atoms with E-state index in [1.165, 1.54) is 13.2 Å². The Morgan fingerprint density at radius 1 is 1.15 bits per heavy atom. The number of aromatic hydroxyl groups is 1. The Bertz CT molecular complexity index is 2030. The van der Waals surface area contributed by atoms with E-state index in [1.807, 2.05) is 49.6 Å². The van der Waals surface area contributed by atoms with Crippen molar-refractivity contribution in [3.8, 4) is 28.4 Å². The van der Waals surface area contributed by atoms with Gasteiger partial charge in [0.15, 0.2) is 11.5 Å². The molecular weight excluding hydrogens is 611 g/mol. The number of aliphatic hydroxyl groups is 1. The number of hydrogen-bond acceptors (Lipinski definition) is 7. The van der Waals surface area contributed by atoms with Crippen LogP contribution in [0.2, 0.25) is 0 Å². The van der Waals surface area contributed by atoms with E-state index in [0.29, 0.717) is 28.2 Å². The second-order valence-electron chi connectivity index (χ2n) is 14.3. The number of nitrogens with zero attached hydrogens (tertiary/aromatic N) is 2. The number of phenols is 1. The summed E-state index contributed by atoms with van der Waals surface area (Å²) in [5, 5.41) is 22.8. The fraction of sp³-hybridized carbons (Fsp3) is 0.410. The molecule has 1 saturated heterocycles. The highest BCUT2D eigenvalue weighted by Crippen LogP contribution is 2.63. The van der Waals surface area contributed by atoms with Gasteiger partial charge in [0.2, 0.25) is 0 Å². The van der Waals surface area contributed by atoms with Crippen LogP contribution in [-0.4, -0.2) is 70.5 Å². The van der Waals surface area contributed by atoms with E-state index in [4.69, 9.17) is 14.2 Å². The first-order valence-corrected chi connectivity index (χ1v) is 16.8. The zero-order valence-electron chi connectivity index (χ0n) is 28.1. The number of aliphatic hydroxyl groups excluding tert-OH is 1. The van der Waals surface area contributed by atoms with Gasteiger partial charge in [-0.15, -0.1) is 0 Å². The van der Waals surface area contributed by atoms with Gasteiger partial charge in [-0.25, -0.2) is 9.18 Å². The van der Waals surface area contributed by atoms with Crippen molar-refractivity contribution < 1.29 is 33.6 Å². The third-order valence-corrected chi connectivity index (χ3v) is 11.4. The van der Waals surface area contributed by atoms with Crippen LogP contribution < -0.4 is 9.47 Å². The zero-order valence-corrected chi connectivity index (χ0v) is 28.1. The average molecular weight is 653 g/mol. The molecule has 4 aliphatic rings. The number of rotatable bonds is 6. The number of carbonyl (C=O) groups excluding carboxylic acids is 1. The molecule has 2 aliphatic carbocycles. The lowest BCUT2D eigenvalue weighted by atomic mass is 9.52. The first-order chi connectivity index (χ1) is 22.9. The molecular formula is C39H41FN2O6. The maximum atomic E-state index is 15.4. The largest absolute Gasteiger partial charge is 0.504 e. The summed E-state index contributed by atoms with van der Waals surface area (Å²) in [7, 11) is 3.66. The molecule has 2 N–H and O–H groups in total. The van der Waals surface area contributed by atoms with Gasteiger partial charge in [-0.05, 0) is 94.2 Å². The smallest absolute Gasteiger partial charge is 0.338 e. The highest BCUT2D eigenvalue weighted by Gasteiger charge is 2.64. The number of carbonyl (C=O) groups is 1. The van der Waals surface area contributed by atoms with E-state index in [1.54, 1.807) is 18.2 Å². The van der Waals surface area contributed by atoms with Crippen molar-refractivity contribution in [3.63, 3.8) is 0 Å². The van der Waals surface area contributed by atoms with Crippen LogP contribution in [0.15, 0.2) is 54.7 Å². The second kappa shape index (κ2) is 10.8. The van der Waals surface area contributed by atoms with Crippen LogP contribution in [0.5, 0.6) is 17.2 Å². The normalized spacial score (nSPS) is 26.0. The Labute approximate surface area is 279 Å². The summed E-state index contributed by atoms with van der Waals surface area (Å²) in [5.41, 5.74) is 6.49. The van der Waals surface area contributed by atoms with Gasteiger partial charge in [0.25, 0.3) is 0 Å². The topological polar surface area (TPSA) is 92.9 Å². The number of likely N-dealkylation sites (N-methyl/N-ethyl adjacent to an activating group) is 1. The van der Waals surface area contributed by atoms with Crippen molar-refractivity contribution in [1.82, 2.24) is 9.30 Å². The number of aromatic nitrogens is 1. The Kier molecular flexibility index (Phi) is 6.99. The summed E-state index contributed by atoms with van der Waals surface area (Å²) in [5.74, 6) is -0.0141.